The van der Waals surface area contributed by atoms with Crippen molar-refractivity contribution < 1.29 is 18.7 Å². The fourth-order valence-electron chi connectivity index (χ4n) is 1.44. The SMILES string of the molecule is O=C1CN(c2ccccc2F)CC(=O)O1. The molecular formula is C10H8FNO3. The molecule has 2 rings (SSSR count). The minimum atomic E-state index is -0.658. The second-order valence-electron chi connectivity index (χ2n) is 3.15. The molecule has 0 unspecified atom stereocenters. The van der Waals surface area contributed by atoms with Gasteiger partial charge in [0.2, 0.25) is 0 Å². The molecule has 0 saturated carbocycles. The topological polar surface area (TPSA) is 46.6 Å². The van der Waals surface area contributed by atoms with Crippen molar-refractivity contribution in [2.24, 2.45) is 0 Å². The Bertz CT molecular complexity index is 403. The number of ether oxygens (including phenoxy) is 1. The van der Waals surface area contributed by atoms with Crippen LogP contribution in [0.4, 0.5) is 10.1 Å². The molecule has 5 heteroatoms. The van der Waals surface area contributed by atoms with Crippen molar-refractivity contribution >= 4 is 17.6 Å². The molecular weight excluding hydrogens is 201 g/mol. The van der Waals surface area contributed by atoms with Crippen molar-refractivity contribution in [2.45, 2.75) is 0 Å². The summed E-state index contributed by atoms with van der Waals surface area (Å²) in [6, 6.07) is 5.98. The summed E-state index contributed by atoms with van der Waals surface area (Å²) >= 11 is 0. The lowest BCUT2D eigenvalue weighted by atomic mass is 10.2. The molecule has 1 fully saturated rings. The lowest BCUT2D eigenvalue weighted by Crippen LogP contribution is -2.43. The van der Waals surface area contributed by atoms with E-state index in [4.69, 9.17) is 0 Å². The average Bonchev–Trinajstić information content (AvgIpc) is 2.16. The molecule has 1 aromatic carbocycles. The molecule has 1 heterocycles. The van der Waals surface area contributed by atoms with E-state index in [1.165, 1.54) is 17.0 Å². The Morgan fingerprint density at radius 3 is 2.33 bits per heavy atom. The molecule has 0 aromatic heterocycles. The lowest BCUT2D eigenvalue weighted by Gasteiger charge is -2.26. The van der Waals surface area contributed by atoms with Crippen LogP contribution in [0.1, 0.15) is 0 Å². The van der Waals surface area contributed by atoms with Crippen LogP contribution in [0.3, 0.4) is 0 Å². The van der Waals surface area contributed by atoms with Gasteiger partial charge >= 0.3 is 11.9 Å². The number of rotatable bonds is 1. The number of halogens is 1. The van der Waals surface area contributed by atoms with Crippen molar-refractivity contribution in [2.75, 3.05) is 18.0 Å². The number of para-hydroxylation sites is 1. The number of anilines is 1. The summed E-state index contributed by atoms with van der Waals surface area (Å²) in [5, 5.41) is 0. The molecule has 78 valence electrons. The molecule has 15 heavy (non-hydrogen) atoms. The van der Waals surface area contributed by atoms with Crippen molar-refractivity contribution in [1.82, 2.24) is 0 Å². The lowest BCUT2D eigenvalue weighted by molar-refractivity contribution is -0.160. The monoisotopic (exact) mass is 209 g/mol. The number of nitrogens with zero attached hydrogens (tertiary/aromatic N) is 1. The van der Waals surface area contributed by atoms with Gasteiger partial charge in [0.15, 0.2) is 0 Å². The fourth-order valence-corrected chi connectivity index (χ4v) is 1.44. The summed E-state index contributed by atoms with van der Waals surface area (Å²) in [5.41, 5.74) is 0.238. The van der Waals surface area contributed by atoms with Gasteiger partial charge in [0, 0.05) is 0 Å². The average molecular weight is 209 g/mol. The summed E-state index contributed by atoms with van der Waals surface area (Å²) in [5.74, 6) is -1.77. The molecule has 4 nitrogen and oxygen atoms in total. The van der Waals surface area contributed by atoms with Crippen LogP contribution in [0, 0.1) is 5.82 Å². The third-order valence-electron chi connectivity index (χ3n) is 2.06. The van der Waals surface area contributed by atoms with Gasteiger partial charge < -0.3 is 9.64 Å². The van der Waals surface area contributed by atoms with Gasteiger partial charge in [-0.2, -0.15) is 0 Å². The highest BCUT2D eigenvalue weighted by molar-refractivity contribution is 5.94. The number of benzene rings is 1. The number of morpholine rings is 1. The summed E-state index contributed by atoms with van der Waals surface area (Å²) in [7, 11) is 0. The minimum Gasteiger partial charge on any atom is -0.390 e. The Kier molecular flexibility index (Phi) is 2.37. The summed E-state index contributed by atoms with van der Waals surface area (Å²) in [6.07, 6.45) is 0. The molecule has 0 atom stereocenters. The molecule has 1 aliphatic heterocycles. The second kappa shape index (κ2) is 3.68. The maximum atomic E-state index is 13.3. The maximum Gasteiger partial charge on any atom is 0.333 e. The normalized spacial score (nSPS) is 16.5. The Balaban J connectivity index is 2.27. The second-order valence-corrected chi connectivity index (χ2v) is 3.15. The van der Waals surface area contributed by atoms with E-state index >= 15 is 0 Å². The third kappa shape index (κ3) is 1.96. The number of esters is 2. The van der Waals surface area contributed by atoms with E-state index in [-0.39, 0.29) is 18.8 Å². The molecule has 1 aliphatic rings. The number of hydrogen-bond donors (Lipinski definition) is 0. The standard InChI is InChI=1S/C10H8FNO3/c11-7-3-1-2-4-8(7)12-5-9(13)15-10(14)6-12/h1-4H,5-6H2. The van der Waals surface area contributed by atoms with Crippen molar-refractivity contribution in [3.63, 3.8) is 0 Å². The van der Waals surface area contributed by atoms with Crippen molar-refractivity contribution in [1.29, 1.82) is 0 Å². The highest BCUT2D eigenvalue weighted by Gasteiger charge is 2.26. The van der Waals surface area contributed by atoms with Crippen LogP contribution in [-0.2, 0) is 14.3 Å². The minimum absolute atomic E-state index is 0.104. The van der Waals surface area contributed by atoms with E-state index in [2.05, 4.69) is 4.74 Å². The van der Waals surface area contributed by atoms with Crippen LogP contribution < -0.4 is 4.90 Å². The third-order valence-corrected chi connectivity index (χ3v) is 2.06. The highest BCUT2D eigenvalue weighted by Crippen LogP contribution is 2.19. The summed E-state index contributed by atoms with van der Waals surface area (Å²) < 4.78 is 17.7. The number of hydrogen-bond acceptors (Lipinski definition) is 4. The van der Waals surface area contributed by atoms with Crippen LogP contribution >= 0.6 is 0 Å². The zero-order chi connectivity index (χ0) is 10.8. The van der Waals surface area contributed by atoms with Crippen molar-refractivity contribution in [3.05, 3.63) is 30.1 Å². The van der Waals surface area contributed by atoms with E-state index in [0.29, 0.717) is 0 Å². The predicted molar refractivity (Wildman–Crippen MR) is 49.7 cm³/mol. The number of cyclic esters (lactones) is 2. The van der Waals surface area contributed by atoms with Crippen LogP contribution in [0.5, 0.6) is 0 Å². The first-order valence-corrected chi connectivity index (χ1v) is 4.40. The fraction of sp³-hybridized carbons (Fsp3) is 0.200. The number of carbonyl (C=O) groups is 2. The van der Waals surface area contributed by atoms with Gasteiger partial charge in [0.25, 0.3) is 0 Å². The molecule has 0 spiro atoms. The summed E-state index contributed by atoms with van der Waals surface area (Å²) in [4.78, 5) is 23.3. The Hall–Kier alpha value is -1.91. The molecule has 1 saturated heterocycles. The molecule has 0 bridgehead atoms. The van der Waals surface area contributed by atoms with Crippen LogP contribution in [0.15, 0.2) is 24.3 Å². The highest BCUT2D eigenvalue weighted by atomic mass is 19.1. The first kappa shape index (κ1) is 9.64. The van der Waals surface area contributed by atoms with Crippen LogP contribution in [0.25, 0.3) is 0 Å². The Morgan fingerprint density at radius 2 is 1.73 bits per heavy atom. The van der Waals surface area contributed by atoms with E-state index in [9.17, 15) is 14.0 Å². The van der Waals surface area contributed by atoms with Gasteiger partial charge in [-0.25, -0.2) is 14.0 Å². The molecule has 0 N–H and O–H groups in total. The first-order valence-electron chi connectivity index (χ1n) is 4.40. The van der Waals surface area contributed by atoms with Gasteiger partial charge in [-0.1, -0.05) is 12.1 Å². The van der Waals surface area contributed by atoms with Crippen LogP contribution in [-0.4, -0.2) is 25.0 Å². The van der Waals surface area contributed by atoms with E-state index < -0.39 is 17.8 Å². The van der Waals surface area contributed by atoms with E-state index in [1.54, 1.807) is 12.1 Å². The zero-order valence-electron chi connectivity index (χ0n) is 7.77. The Morgan fingerprint density at radius 1 is 1.13 bits per heavy atom. The van der Waals surface area contributed by atoms with Gasteiger partial charge in [-0.05, 0) is 12.1 Å². The molecule has 0 aliphatic carbocycles. The smallest absolute Gasteiger partial charge is 0.333 e. The van der Waals surface area contributed by atoms with Gasteiger partial charge in [0.1, 0.15) is 18.9 Å². The summed E-state index contributed by atoms with van der Waals surface area (Å²) in [6.45, 7) is -0.209. The maximum absolute atomic E-state index is 13.3. The molecule has 0 amide bonds. The van der Waals surface area contributed by atoms with Crippen molar-refractivity contribution in [3.8, 4) is 0 Å². The van der Waals surface area contributed by atoms with Crippen LogP contribution in [0.2, 0.25) is 0 Å². The predicted octanol–water partition coefficient (Wildman–Crippen LogP) is 0.716. The van der Waals surface area contributed by atoms with E-state index in [1.807, 2.05) is 0 Å². The van der Waals surface area contributed by atoms with E-state index in [0.717, 1.165) is 0 Å². The Labute approximate surface area is 85.2 Å². The number of carbonyl (C=O) groups excluding carboxylic acids is 2. The van der Waals surface area contributed by atoms with Gasteiger partial charge in [0.05, 0.1) is 5.69 Å². The first-order chi connectivity index (χ1) is 7.16. The van der Waals surface area contributed by atoms with Gasteiger partial charge in [-0.3, -0.25) is 0 Å². The molecule has 1 aromatic rings. The zero-order valence-corrected chi connectivity index (χ0v) is 7.77. The largest absolute Gasteiger partial charge is 0.390 e. The van der Waals surface area contributed by atoms with Gasteiger partial charge in [-0.15, -0.1) is 0 Å². The quantitative estimate of drug-likeness (QED) is 0.505. The molecule has 0 radical (unpaired) electrons.